The Morgan fingerprint density at radius 2 is 1.83 bits per heavy atom. The molecule has 1 aromatic carbocycles. The first-order chi connectivity index (χ1) is 14.1. The van der Waals surface area contributed by atoms with Gasteiger partial charge in [0, 0.05) is 44.1 Å². The molecule has 2 amide bonds. The van der Waals surface area contributed by atoms with Gasteiger partial charge in [-0.2, -0.15) is 0 Å². The van der Waals surface area contributed by atoms with Gasteiger partial charge in [0.15, 0.2) is 0 Å². The van der Waals surface area contributed by atoms with E-state index in [9.17, 15) is 9.59 Å². The molecule has 6 nitrogen and oxygen atoms in total. The number of carbonyl (C=O) groups excluding carboxylic acids is 2. The van der Waals surface area contributed by atoms with Crippen molar-refractivity contribution in [3.63, 3.8) is 0 Å². The summed E-state index contributed by atoms with van der Waals surface area (Å²) in [5.41, 5.74) is 4.46. The average Bonchev–Trinajstić information content (AvgIpc) is 2.77. The quantitative estimate of drug-likeness (QED) is 0.869. The minimum atomic E-state index is -0.0768. The van der Waals surface area contributed by atoms with Crippen LogP contribution in [-0.4, -0.2) is 48.4 Å². The zero-order chi connectivity index (χ0) is 20.4. The normalized spacial score (nSPS) is 16.3. The molecule has 1 saturated heterocycles. The fourth-order valence-corrected chi connectivity index (χ4v) is 4.32. The topological polar surface area (TPSA) is 65.5 Å². The summed E-state index contributed by atoms with van der Waals surface area (Å²) in [5, 5.41) is 2.68. The van der Waals surface area contributed by atoms with Crippen molar-refractivity contribution >= 4 is 23.3 Å². The molecule has 6 heteroatoms. The lowest BCUT2D eigenvalue weighted by molar-refractivity contribution is 0.0723. The molecule has 0 bridgehead atoms. The number of likely N-dealkylation sites (tertiary alicyclic amines) is 1. The Morgan fingerprint density at radius 1 is 1.03 bits per heavy atom. The highest BCUT2D eigenvalue weighted by Gasteiger charge is 2.24. The SMILES string of the molecule is CNC(=O)c1ccc(N2CCCc3cc(C(=O)N4CCCCC4)cnc32)cc1C. The van der Waals surface area contributed by atoms with Crippen LogP contribution in [0.15, 0.2) is 30.5 Å². The fraction of sp³-hybridized carbons (Fsp3) is 0.435. The van der Waals surface area contributed by atoms with E-state index in [0.29, 0.717) is 11.1 Å². The Morgan fingerprint density at radius 3 is 2.55 bits per heavy atom. The van der Waals surface area contributed by atoms with Crippen LogP contribution in [0.3, 0.4) is 0 Å². The number of benzene rings is 1. The zero-order valence-electron chi connectivity index (χ0n) is 17.2. The number of amides is 2. The van der Waals surface area contributed by atoms with E-state index in [-0.39, 0.29) is 11.8 Å². The second-order valence-corrected chi connectivity index (χ2v) is 7.89. The molecule has 2 aliphatic heterocycles. The van der Waals surface area contributed by atoms with Crippen molar-refractivity contribution in [3.8, 4) is 0 Å². The van der Waals surface area contributed by atoms with Gasteiger partial charge in [0.1, 0.15) is 5.82 Å². The molecule has 1 aromatic heterocycles. The summed E-state index contributed by atoms with van der Waals surface area (Å²) in [6.45, 7) is 4.52. The van der Waals surface area contributed by atoms with Gasteiger partial charge < -0.3 is 15.1 Å². The van der Waals surface area contributed by atoms with Gasteiger partial charge in [-0.25, -0.2) is 4.98 Å². The molecule has 0 aliphatic carbocycles. The molecular formula is C23H28N4O2. The summed E-state index contributed by atoms with van der Waals surface area (Å²) in [5.74, 6) is 0.938. The number of hydrogen-bond acceptors (Lipinski definition) is 4. The third-order valence-electron chi connectivity index (χ3n) is 5.91. The molecule has 152 valence electrons. The van der Waals surface area contributed by atoms with Crippen LogP contribution in [0.25, 0.3) is 0 Å². The van der Waals surface area contributed by atoms with Gasteiger partial charge in [0.05, 0.1) is 5.56 Å². The number of hydrogen-bond donors (Lipinski definition) is 1. The molecule has 1 fully saturated rings. The molecular weight excluding hydrogens is 364 g/mol. The lowest BCUT2D eigenvalue weighted by Crippen LogP contribution is -2.36. The summed E-state index contributed by atoms with van der Waals surface area (Å²) in [6, 6.07) is 7.90. The van der Waals surface area contributed by atoms with Crippen LogP contribution < -0.4 is 10.2 Å². The van der Waals surface area contributed by atoms with Crippen molar-refractivity contribution in [2.24, 2.45) is 0 Å². The molecule has 1 N–H and O–H groups in total. The predicted molar refractivity (Wildman–Crippen MR) is 114 cm³/mol. The summed E-state index contributed by atoms with van der Waals surface area (Å²) in [7, 11) is 1.64. The van der Waals surface area contributed by atoms with Crippen molar-refractivity contribution in [3.05, 3.63) is 52.7 Å². The summed E-state index contributed by atoms with van der Waals surface area (Å²) >= 11 is 0. The predicted octanol–water partition coefficient (Wildman–Crippen LogP) is 3.46. The Bertz CT molecular complexity index is 934. The van der Waals surface area contributed by atoms with Gasteiger partial charge in [0.25, 0.3) is 11.8 Å². The maximum Gasteiger partial charge on any atom is 0.255 e. The van der Waals surface area contributed by atoms with E-state index in [4.69, 9.17) is 4.98 Å². The van der Waals surface area contributed by atoms with Crippen LogP contribution >= 0.6 is 0 Å². The molecule has 0 saturated carbocycles. The first-order valence-corrected chi connectivity index (χ1v) is 10.5. The minimum absolute atomic E-state index is 0.0768. The second kappa shape index (κ2) is 8.23. The fourth-order valence-electron chi connectivity index (χ4n) is 4.32. The maximum absolute atomic E-state index is 12.8. The van der Waals surface area contributed by atoms with Crippen molar-refractivity contribution in [2.45, 2.75) is 39.0 Å². The molecule has 0 atom stereocenters. The number of aryl methyl sites for hydroxylation is 2. The third kappa shape index (κ3) is 3.84. The molecule has 2 aliphatic rings. The second-order valence-electron chi connectivity index (χ2n) is 7.89. The van der Waals surface area contributed by atoms with Crippen molar-refractivity contribution in [1.82, 2.24) is 15.2 Å². The summed E-state index contributed by atoms with van der Waals surface area (Å²) < 4.78 is 0. The summed E-state index contributed by atoms with van der Waals surface area (Å²) in [6.07, 6.45) is 7.03. The number of rotatable bonds is 3. The molecule has 4 rings (SSSR count). The van der Waals surface area contributed by atoms with Gasteiger partial charge >= 0.3 is 0 Å². The van der Waals surface area contributed by atoms with Gasteiger partial charge in [-0.3, -0.25) is 9.59 Å². The van der Waals surface area contributed by atoms with E-state index in [1.165, 1.54) is 6.42 Å². The van der Waals surface area contributed by atoms with Crippen LogP contribution in [0.4, 0.5) is 11.5 Å². The molecule has 3 heterocycles. The van der Waals surface area contributed by atoms with Crippen molar-refractivity contribution < 1.29 is 9.59 Å². The number of piperidine rings is 1. The van der Waals surface area contributed by atoms with Crippen molar-refractivity contribution in [2.75, 3.05) is 31.6 Å². The van der Waals surface area contributed by atoms with E-state index in [1.54, 1.807) is 13.2 Å². The lowest BCUT2D eigenvalue weighted by atomic mass is 10.0. The summed E-state index contributed by atoms with van der Waals surface area (Å²) in [4.78, 5) is 33.7. The van der Waals surface area contributed by atoms with E-state index < -0.39 is 0 Å². The molecule has 2 aromatic rings. The third-order valence-corrected chi connectivity index (χ3v) is 5.91. The number of fused-ring (bicyclic) bond motifs is 1. The monoisotopic (exact) mass is 392 g/mol. The molecule has 0 radical (unpaired) electrons. The Labute approximate surface area is 171 Å². The Kier molecular flexibility index (Phi) is 5.51. The Balaban J connectivity index is 1.61. The van der Waals surface area contributed by atoms with Gasteiger partial charge in [-0.15, -0.1) is 0 Å². The number of nitrogens with zero attached hydrogens (tertiary/aromatic N) is 3. The van der Waals surface area contributed by atoms with E-state index in [0.717, 1.165) is 67.9 Å². The highest BCUT2D eigenvalue weighted by molar-refractivity contribution is 5.96. The molecule has 0 unspecified atom stereocenters. The van der Waals surface area contributed by atoms with E-state index in [2.05, 4.69) is 10.2 Å². The van der Waals surface area contributed by atoms with Crippen LogP contribution in [0.5, 0.6) is 0 Å². The van der Waals surface area contributed by atoms with E-state index >= 15 is 0 Å². The standard InChI is InChI=1S/C23H28N4O2/c1-16-13-19(8-9-20(16)22(28)24-2)27-12-6-7-17-14-18(15-25-21(17)27)23(29)26-10-4-3-5-11-26/h8-9,13-15H,3-7,10-12H2,1-2H3,(H,24,28). The van der Waals surface area contributed by atoms with E-state index in [1.807, 2.05) is 36.1 Å². The smallest absolute Gasteiger partial charge is 0.255 e. The van der Waals surface area contributed by atoms with Crippen LogP contribution in [0.2, 0.25) is 0 Å². The number of aromatic nitrogens is 1. The molecule has 0 spiro atoms. The van der Waals surface area contributed by atoms with Crippen LogP contribution in [0, 0.1) is 6.92 Å². The number of pyridine rings is 1. The largest absolute Gasteiger partial charge is 0.355 e. The van der Waals surface area contributed by atoms with Gasteiger partial charge in [-0.05, 0) is 74.4 Å². The number of anilines is 2. The van der Waals surface area contributed by atoms with Crippen molar-refractivity contribution in [1.29, 1.82) is 0 Å². The molecule has 29 heavy (non-hydrogen) atoms. The number of nitrogens with one attached hydrogen (secondary N) is 1. The lowest BCUT2D eigenvalue weighted by Gasteiger charge is -2.31. The first kappa shape index (κ1) is 19.4. The first-order valence-electron chi connectivity index (χ1n) is 10.5. The highest BCUT2D eigenvalue weighted by atomic mass is 16.2. The zero-order valence-corrected chi connectivity index (χ0v) is 17.2. The number of carbonyl (C=O) groups is 2. The van der Waals surface area contributed by atoms with Gasteiger partial charge in [0.2, 0.25) is 0 Å². The maximum atomic E-state index is 12.8. The van der Waals surface area contributed by atoms with Gasteiger partial charge in [-0.1, -0.05) is 0 Å². The average molecular weight is 393 g/mol. The van der Waals surface area contributed by atoms with Crippen LogP contribution in [0.1, 0.15) is 57.5 Å². The highest BCUT2D eigenvalue weighted by Crippen LogP contribution is 2.33. The minimum Gasteiger partial charge on any atom is -0.355 e. The Hall–Kier alpha value is -2.89. The van der Waals surface area contributed by atoms with Crippen LogP contribution in [-0.2, 0) is 6.42 Å².